The number of nitrogens with two attached hydrogens (primary N) is 1. The molecule has 3 nitrogen and oxygen atoms in total. The first-order chi connectivity index (χ1) is 8.17. The first-order valence-corrected chi connectivity index (χ1v) is 6.37. The number of nitrogens with zero attached hydrogens (tertiary/aromatic N) is 2. The van der Waals surface area contributed by atoms with Gasteiger partial charge in [0.25, 0.3) is 0 Å². The van der Waals surface area contributed by atoms with Crippen LogP contribution in [0.5, 0.6) is 0 Å². The first kappa shape index (κ1) is 12.4. The Balaban J connectivity index is 2.50. The molecule has 2 N–H and O–H groups in total. The van der Waals surface area contributed by atoms with Gasteiger partial charge >= 0.3 is 0 Å². The standard InChI is InChI=1S/C13H18ClN3/c1-3-4-9(8-15)13-16-11-7-10(14)5-6-12(11)17(13)2/h5-7,9H,3-4,8,15H2,1-2H3. The molecule has 2 rings (SSSR count). The van der Waals surface area contributed by atoms with Gasteiger partial charge in [0.15, 0.2) is 0 Å². The van der Waals surface area contributed by atoms with Crippen LogP contribution in [0.15, 0.2) is 18.2 Å². The zero-order valence-electron chi connectivity index (χ0n) is 10.3. The van der Waals surface area contributed by atoms with Crippen molar-refractivity contribution in [3.05, 3.63) is 29.0 Å². The van der Waals surface area contributed by atoms with Gasteiger partial charge in [0.05, 0.1) is 11.0 Å². The van der Waals surface area contributed by atoms with Crippen LogP contribution in [0, 0.1) is 0 Å². The lowest BCUT2D eigenvalue weighted by Crippen LogP contribution is -2.16. The lowest BCUT2D eigenvalue weighted by molar-refractivity contribution is 0.572. The molecule has 1 unspecified atom stereocenters. The Kier molecular flexibility index (Phi) is 3.69. The second-order valence-electron chi connectivity index (χ2n) is 4.38. The van der Waals surface area contributed by atoms with Crippen molar-refractivity contribution in [1.29, 1.82) is 0 Å². The molecule has 0 saturated carbocycles. The third-order valence-corrected chi connectivity index (χ3v) is 3.40. The van der Waals surface area contributed by atoms with Crippen molar-refractivity contribution >= 4 is 22.6 Å². The maximum atomic E-state index is 5.98. The zero-order valence-corrected chi connectivity index (χ0v) is 11.0. The number of rotatable bonds is 4. The summed E-state index contributed by atoms with van der Waals surface area (Å²) < 4.78 is 2.12. The summed E-state index contributed by atoms with van der Waals surface area (Å²) in [6.07, 6.45) is 2.19. The van der Waals surface area contributed by atoms with E-state index in [2.05, 4.69) is 16.5 Å². The predicted molar refractivity (Wildman–Crippen MR) is 72.4 cm³/mol. The highest BCUT2D eigenvalue weighted by atomic mass is 35.5. The van der Waals surface area contributed by atoms with Gasteiger partial charge in [-0.25, -0.2) is 4.98 Å². The third kappa shape index (κ3) is 2.31. The van der Waals surface area contributed by atoms with Crippen LogP contribution in [0.1, 0.15) is 31.5 Å². The van der Waals surface area contributed by atoms with Crippen LogP contribution in [0.2, 0.25) is 5.02 Å². The Morgan fingerprint density at radius 3 is 2.88 bits per heavy atom. The molecule has 0 amide bonds. The summed E-state index contributed by atoms with van der Waals surface area (Å²) in [6.45, 7) is 2.81. The molecule has 0 aliphatic heterocycles. The molecule has 92 valence electrons. The predicted octanol–water partition coefficient (Wildman–Crippen LogP) is 3.07. The van der Waals surface area contributed by atoms with E-state index in [4.69, 9.17) is 17.3 Å². The lowest BCUT2D eigenvalue weighted by Gasteiger charge is -2.13. The van der Waals surface area contributed by atoms with Crippen LogP contribution in [-0.4, -0.2) is 16.1 Å². The largest absolute Gasteiger partial charge is 0.331 e. The van der Waals surface area contributed by atoms with Crippen LogP contribution < -0.4 is 5.73 Å². The van der Waals surface area contributed by atoms with Crippen LogP contribution >= 0.6 is 11.6 Å². The molecule has 0 saturated heterocycles. The monoisotopic (exact) mass is 251 g/mol. The van der Waals surface area contributed by atoms with Crippen molar-refractivity contribution in [2.45, 2.75) is 25.7 Å². The van der Waals surface area contributed by atoms with Gasteiger partial charge in [0.1, 0.15) is 5.82 Å². The molecule has 17 heavy (non-hydrogen) atoms. The van der Waals surface area contributed by atoms with E-state index in [1.807, 2.05) is 25.2 Å². The van der Waals surface area contributed by atoms with E-state index in [-0.39, 0.29) is 0 Å². The molecular weight excluding hydrogens is 234 g/mol. The fraction of sp³-hybridized carbons (Fsp3) is 0.462. The van der Waals surface area contributed by atoms with E-state index in [0.717, 1.165) is 34.7 Å². The van der Waals surface area contributed by atoms with Crippen molar-refractivity contribution in [2.24, 2.45) is 12.8 Å². The quantitative estimate of drug-likeness (QED) is 0.908. The van der Waals surface area contributed by atoms with Crippen LogP contribution in [-0.2, 0) is 7.05 Å². The molecule has 2 aromatic rings. The maximum absolute atomic E-state index is 5.98. The van der Waals surface area contributed by atoms with Gasteiger partial charge in [-0.3, -0.25) is 0 Å². The summed E-state index contributed by atoms with van der Waals surface area (Å²) in [6, 6.07) is 5.81. The Morgan fingerprint density at radius 1 is 1.47 bits per heavy atom. The van der Waals surface area contributed by atoms with Gasteiger partial charge in [-0.05, 0) is 24.6 Å². The van der Waals surface area contributed by atoms with Crippen molar-refractivity contribution in [3.8, 4) is 0 Å². The van der Waals surface area contributed by atoms with E-state index in [0.29, 0.717) is 12.5 Å². The number of hydrogen-bond acceptors (Lipinski definition) is 2. The molecule has 0 aliphatic rings. The van der Waals surface area contributed by atoms with Crippen LogP contribution in [0.25, 0.3) is 11.0 Å². The third-order valence-electron chi connectivity index (χ3n) is 3.16. The maximum Gasteiger partial charge on any atom is 0.114 e. The van der Waals surface area contributed by atoms with Crippen LogP contribution in [0.4, 0.5) is 0 Å². The minimum atomic E-state index is 0.330. The summed E-state index contributed by atoms with van der Waals surface area (Å²) in [7, 11) is 2.04. The topological polar surface area (TPSA) is 43.8 Å². The molecule has 0 aliphatic carbocycles. The fourth-order valence-electron chi connectivity index (χ4n) is 2.26. The average molecular weight is 252 g/mol. The Bertz CT molecular complexity index is 519. The minimum Gasteiger partial charge on any atom is -0.331 e. The molecule has 1 aromatic heterocycles. The van der Waals surface area contributed by atoms with E-state index >= 15 is 0 Å². The number of aryl methyl sites for hydroxylation is 1. The van der Waals surface area contributed by atoms with Gasteiger partial charge in [0, 0.05) is 24.5 Å². The second kappa shape index (κ2) is 5.07. The summed E-state index contributed by atoms with van der Waals surface area (Å²) in [5, 5.41) is 0.724. The van der Waals surface area contributed by atoms with Crippen molar-refractivity contribution in [2.75, 3.05) is 6.54 Å². The summed E-state index contributed by atoms with van der Waals surface area (Å²) in [5.74, 6) is 1.39. The smallest absolute Gasteiger partial charge is 0.114 e. The Morgan fingerprint density at radius 2 is 2.24 bits per heavy atom. The molecule has 4 heteroatoms. The highest BCUT2D eigenvalue weighted by Crippen LogP contribution is 2.25. The summed E-state index contributed by atoms with van der Waals surface area (Å²) >= 11 is 5.98. The number of fused-ring (bicyclic) bond motifs is 1. The molecule has 0 spiro atoms. The molecule has 1 aromatic carbocycles. The number of halogens is 1. The van der Waals surface area contributed by atoms with Gasteiger partial charge < -0.3 is 10.3 Å². The van der Waals surface area contributed by atoms with Crippen molar-refractivity contribution in [1.82, 2.24) is 9.55 Å². The molecule has 1 atom stereocenters. The second-order valence-corrected chi connectivity index (χ2v) is 4.82. The van der Waals surface area contributed by atoms with Crippen molar-refractivity contribution < 1.29 is 0 Å². The number of benzene rings is 1. The van der Waals surface area contributed by atoms with E-state index in [1.165, 1.54) is 0 Å². The van der Waals surface area contributed by atoms with Gasteiger partial charge in [-0.2, -0.15) is 0 Å². The SMILES string of the molecule is CCCC(CN)c1nc2cc(Cl)ccc2n1C. The Labute approximate surface area is 107 Å². The van der Waals surface area contributed by atoms with Crippen molar-refractivity contribution in [3.63, 3.8) is 0 Å². The lowest BCUT2D eigenvalue weighted by atomic mass is 10.0. The van der Waals surface area contributed by atoms with E-state index in [1.54, 1.807) is 0 Å². The normalized spacial score (nSPS) is 13.2. The highest BCUT2D eigenvalue weighted by Gasteiger charge is 2.16. The minimum absolute atomic E-state index is 0.330. The van der Waals surface area contributed by atoms with Gasteiger partial charge in [-0.15, -0.1) is 0 Å². The molecule has 1 heterocycles. The molecule has 0 fully saturated rings. The highest BCUT2D eigenvalue weighted by molar-refractivity contribution is 6.31. The zero-order chi connectivity index (χ0) is 12.4. The number of aromatic nitrogens is 2. The first-order valence-electron chi connectivity index (χ1n) is 5.99. The van der Waals surface area contributed by atoms with Gasteiger partial charge in [-0.1, -0.05) is 24.9 Å². The Hall–Kier alpha value is -1.06. The van der Waals surface area contributed by atoms with Crippen LogP contribution in [0.3, 0.4) is 0 Å². The fourth-order valence-corrected chi connectivity index (χ4v) is 2.42. The van der Waals surface area contributed by atoms with E-state index < -0.39 is 0 Å². The number of hydrogen-bond donors (Lipinski definition) is 1. The summed E-state index contributed by atoms with van der Waals surface area (Å²) in [5.41, 5.74) is 7.89. The van der Waals surface area contributed by atoms with Gasteiger partial charge in [0.2, 0.25) is 0 Å². The molecule has 0 radical (unpaired) electrons. The summed E-state index contributed by atoms with van der Waals surface area (Å²) in [4.78, 5) is 4.66. The average Bonchev–Trinajstić information content (AvgIpc) is 2.63. The molecular formula is C13H18ClN3. The number of imidazole rings is 1. The molecule has 0 bridgehead atoms. The van der Waals surface area contributed by atoms with E-state index in [9.17, 15) is 0 Å².